The van der Waals surface area contributed by atoms with E-state index in [1.54, 1.807) is 6.92 Å². The Morgan fingerprint density at radius 1 is 1.42 bits per heavy atom. The second kappa shape index (κ2) is 5.95. The number of hydrogen-bond acceptors (Lipinski definition) is 2. The molecule has 2 heteroatoms. The van der Waals surface area contributed by atoms with Gasteiger partial charge >= 0.3 is 0 Å². The lowest BCUT2D eigenvalue weighted by molar-refractivity contribution is -0.117. The Balaban J connectivity index is 3.79. The van der Waals surface area contributed by atoms with Gasteiger partial charge in [-0.25, -0.2) is 0 Å². The van der Waals surface area contributed by atoms with Crippen molar-refractivity contribution in [1.82, 2.24) is 0 Å². The van der Waals surface area contributed by atoms with Gasteiger partial charge in [-0.2, -0.15) is 0 Å². The van der Waals surface area contributed by atoms with Gasteiger partial charge in [0.25, 0.3) is 0 Å². The number of aliphatic hydroxyl groups is 1. The van der Waals surface area contributed by atoms with Crippen molar-refractivity contribution in [2.45, 2.75) is 33.1 Å². The first-order valence-corrected chi connectivity index (χ1v) is 4.33. The van der Waals surface area contributed by atoms with E-state index in [9.17, 15) is 4.79 Å². The molecule has 0 unspecified atom stereocenters. The fourth-order valence-corrected chi connectivity index (χ4v) is 1.17. The molecule has 0 rings (SSSR count). The lowest BCUT2D eigenvalue weighted by Gasteiger charge is -2.14. The van der Waals surface area contributed by atoms with E-state index in [4.69, 9.17) is 5.11 Å². The van der Waals surface area contributed by atoms with Gasteiger partial charge < -0.3 is 9.90 Å². The summed E-state index contributed by atoms with van der Waals surface area (Å²) in [5.41, 5.74) is 1.06. The highest BCUT2D eigenvalue weighted by molar-refractivity contribution is 5.75. The standard InChI is InChI=1S/C10H18O2/c1-8(2)10(6-7-11)5-4-9(3)12/h10-11H,1,4-7H2,2-3H3/t10-/m1/s1. The lowest BCUT2D eigenvalue weighted by Crippen LogP contribution is -2.06. The Kier molecular flexibility index (Phi) is 5.64. The minimum Gasteiger partial charge on any atom is -0.396 e. The van der Waals surface area contributed by atoms with Crippen LogP contribution in [0.25, 0.3) is 0 Å². The number of rotatable bonds is 6. The number of ketones is 1. The summed E-state index contributed by atoms with van der Waals surface area (Å²) in [7, 11) is 0. The van der Waals surface area contributed by atoms with E-state index in [0.717, 1.165) is 18.4 Å². The van der Waals surface area contributed by atoms with Crippen LogP contribution in [0, 0.1) is 5.92 Å². The van der Waals surface area contributed by atoms with Crippen LogP contribution in [0.15, 0.2) is 12.2 Å². The van der Waals surface area contributed by atoms with Crippen LogP contribution < -0.4 is 0 Å². The highest BCUT2D eigenvalue weighted by atomic mass is 16.3. The molecule has 0 aliphatic carbocycles. The minimum atomic E-state index is 0.176. The van der Waals surface area contributed by atoms with Crippen molar-refractivity contribution < 1.29 is 9.90 Å². The second-order valence-electron chi connectivity index (χ2n) is 3.30. The highest BCUT2D eigenvalue weighted by Gasteiger charge is 2.09. The third-order valence-electron chi connectivity index (χ3n) is 2.02. The summed E-state index contributed by atoms with van der Waals surface area (Å²) in [6.07, 6.45) is 2.14. The molecule has 0 radical (unpaired) electrons. The summed E-state index contributed by atoms with van der Waals surface area (Å²) in [5, 5.41) is 8.72. The molecule has 0 aliphatic rings. The topological polar surface area (TPSA) is 37.3 Å². The Labute approximate surface area is 74.3 Å². The molecule has 1 atom stereocenters. The SMILES string of the molecule is C=C(C)[C@@H](CCO)CCC(C)=O. The third-order valence-corrected chi connectivity index (χ3v) is 2.02. The Bertz CT molecular complexity index is 161. The van der Waals surface area contributed by atoms with Crippen molar-refractivity contribution in [1.29, 1.82) is 0 Å². The summed E-state index contributed by atoms with van der Waals surface area (Å²) in [4.78, 5) is 10.7. The van der Waals surface area contributed by atoms with Gasteiger partial charge in [-0.05, 0) is 32.6 Å². The second-order valence-corrected chi connectivity index (χ2v) is 3.30. The highest BCUT2D eigenvalue weighted by Crippen LogP contribution is 2.18. The van der Waals surface area contributed by atoms with Crippen LogP contribution in [-0.2, 0) is 4.79 Å². The normalized spacial score (nSPS) is 12.6. The zero-order valence-corrected chi connectivity index (χ0v) is 7.97. The summed E-state index contributed by atoms with van der Waals surface area (Å²) in [6.45, 7) is 7.54. The Hall–Kier alpha value is -0.630. The molecule has 0 aromatic carbocycles. The first-order chi connectivity index (χ1) is 5.57. The van der Waals surface area contributed by atoms with E-state index in [2.05, 4.69) is 6.58 Å². The van der Waals surface area contributed by atoms with Gasteiger partial charge in [0, 0.05) is 13.0 Å². The van der Waals surface area contributed by atoms with Gasteiger partial charge in [0.1, 0.15) is 5.78 Å². The smallest absolute Gasteiger partial charge is 0.129 e. The van der Waals surface area contributed by atoms with Crippen LogP contribution in [0.4, 0.5) is 0 Å². The van der Waals surface area contributed by atoms with Gasteiger partial charge in [-0.3, -0.25) is 0 Å². The van der Waals surface area contributed by atoms with E-state index >= 15 is 0 Å². The molecular weight excluding hydrogens is 152 g/mol. The molecule has 0 aromatic rings. The molecule has 70 valence electrons. The van der Waals surface area contributed by atoms with Crippen molar-refractivity contribution in [2.75, 3.05) is 6.61 Å². The monoisotopic (exact) mass is 170 g/mol. The third kappa shape index (κ3) is 5.08. The molecule has 0 heterocycles. The average molecular weight is 170 g/mol. The summed E-state index contributed by atoms with van der Waals surface area (Å²) < 4.78 is 0. The first-order valence-electron chi connectivity index (χ1n) is 4.33. The Morgan fingerprint density at radius 3 is 2.33 bits per heavy atom. The van der Waals surface area contributed by atoms with Gasteiger partial charge in [-0.1, -0.05) is 12.2 Å². The molecule has 0 bridgehead atoms. The maximum atomic E-state index is 10.7. The molecule has 0 aliphatic heterocycles. The summed E-state index contributed by atoms with van der Waals surface area (Å²) in [6, 6.07) is 0. The molecular formula is C10H18O2. The van der Waals surface area contributed by atoms with Gasteiger partial charge in [-0.15, -0.1) is 0 Å². The van der Waals surface area contributed by atoms with Crippen molar-refractivity contribution in [2.24, 2.45) is 5.92 Å². The van der Waals surface area contributed by atoms with Gasteiger partial charge in [0.15, 0.2) is 0 Å². The summed E-state index contributed by atoms with van der Waals surface area (Å²) >= 11 is 0. The number of carbonyl (C=O) groups is 1. The number of carbonyl (C=O) groups excluding carboxylic acids is 1. The van der Waals surface area contributed by atoms with Gasteiger partial charge in [0.05, 0.1) is 0 Å². The Morgan fingerprint density at radius 2 is 2.00 bits per heavy atom. The fraction of sp³-hybridized carbons (Fsp3) is 0.700. The van der Waals surface area contributed by atoms with Crippen molar-refractivity contribution >= 4 is 5.78 Å². The van der Waals surface area contributed by atoms with Crippen molar-refractivity contribution in [3.8, 4) is 0 Å². The minimum absolute atomic E-state index is 0.176. The number of Topliss-reactive ketones (excluding diaryl/α,β-unsaturated/α-hetero) is 1. The summed E-state index contributed by atoms with van der Waals surface area (Å²) in [5.74, 6) is 0.512. The molecule has 0 spiro atoms. The molecule has 1 N–H and O–H groups in total. The molecule has 0 aromatic heterocycles. The van der Waals surface area contributed by atoms with Crippen LogP contribution in [0.2, 0.25) is 0 Å². The van der Waals surface area contributed by atoms with E-state index in [0.29, 0.717) is 12.3 Å². The van der Waals surface area contributed by atoms with Crippen LogP contribution in [0.5, 0.6) is 0 Å². The average Bonchev–Trinajstić information content (AvgIpc) is 1.96. The zero-order valence-electron chi connectivity index (χ0n) is 7.97. The number of allylic oxidation sites excluding steroid dienone is 1. The van der Waals surface area contributed by atoms with Crippen LogP contribution >= 0.6 is 0 Å². The predicted octanol–water partition coefficient (Wildman–Crippen LogP) is 1.93. The quantitative estimate of drug-likeness (QED) is 0.618. The molecule has 2 nitrogen and oxygen atoms in total. The lowest BCUT2D eigenvalue weighted by atomic mass is 9.92. The first kappa shape index (κ1) is 11.4. The van der Waals surface area contributed by atoms with Crippen molar-refractivity contribution in [3.63, 3.8) is 0 Å². The molecule has 12 heavy (non-hydrogen) atoms. The zero-order chi connectivity index (χ0) is 9.56. The van der Waals surface area contributed by atoms with E-state index in [1.165, 1.54) is 0 Å². The predicted molar refractivity (Wildman–Crippen MR) is 49.9 cm³/mol. The van der Waals surface area contributed by atoms with E-state index in [1.807, 2.05) is 6.92 Å². The van der Waals surface area contributed by atoms with E-state index < -0.39 is 0 Å². The molecule has 0 fully saturated rings. The largest absolute Gasteiger partial charge is 0.396 e. The number of aliphatic hydroxyl groups excluding tert-OH is 1. The van der Waals surface area contributed by atoms with Crippen molar-refractivity contribution in [3.05, 3.63) is 12.2 Å². The molecule has 0 saturated carbocycles. The molecule has 0 amide bonds. The van der Waals surface area contributed by atoms with Gasteiger partial charge in [0.2, 0.25) is 0 Å². The van der Waals surface area contributed by atoms with Crippen LogP contribution in [0.3, 0.4) is 0 Å². The molecule has 0 saturated heterocycles. The fourth-order valence-electron chi connectivity index (χ4n) is 1.17. The maximum absolute atomic E-state index is 10.7. The van der Waals surface area contributed by atoms with Crippen LogP contribution in [-0.4, -0.2) is 17.5 Å². The van der Waals surface area contributed by atoms with Crippen LogP contribution in [0.1, 0.15) is 33.1 Å². The number of hydrogen-bond donors (Lipinski definition) is 1. The van der Waals surface area contributed by atoms with E-state index in [-0.39, 0.29) is 12.4 Å². The maximum Gasteiger partial charge on any atom is 0.129 e.